The van der Waals surface area contributed by atoms with Crippen LogP contribution in [0.15, 0.2) is 48.5 Å². The third kappa shape index (κ3) is 4.53. The van der Waals surface area contributed by atoms with Crippen molar-refractivity contribution in [3.8, 4) is 22.5 Å². The van der Waals surface area contributed by atoms with Gasteiger partial charge in [0.2, 0.25) is 5.82 Å². The van der Waals surface area contributed by atoms with Crippen LogP contribution in [0.5, 0.6) is 0 Å². The van der Waals surface area contributed by atoms with Crippen LogP contribution in [0, 0.1) is 13.8 Å². The molecule has 4 heterocycles. The zero-order valence-corrected chi connectivity index (χ0v) is 21.5. The molecule has 1 aliphatic heterocycles. The average Bonchev–Trinajstić information content (AvgIpc) is 3.58. The summed E-state index contributed by atoms with van der Waals surface area (Å²) < 4.78 is 8.32. The van der Waals surface area contributed by atoms with Crippen LogP contribution in [0.25, 0.3) is 33.7 Å². The number of H-pyrrole nitrogens is 1. The fourth-order valence-electron chi connectivity index (χ4n) is 5.33. The topological polar surface area (TPSA) is 94.4 Å². The molecule has 6 rings (SSSR count). The lowest BCUT2D eigenvalue weighted by molar-refractivity contribution is 0.0150. The average molecular weight is 494 g/mol. The number of imidazole rings is 1. The van der Waals surface area contributed by atoms with Crippen LogP contribution in [-0.2, 0) is 17.7 Å². The van der Waals surface area contributed by atoms with Gasteiger partial charge in [-0.05, 0) is 78.3 Å². The van der Waals surface area contributed by atoms with E-state index < -0.39 is 0 Å². The smallest absolute Gasteiger partial charge is 0.205 e. The largest absolute Gasteiger partial charge is 0.374 e. The van der Waals surface area contributed by atoms with E-state index in [1.54, 1.807) is 0 Å². The zero-order valence-electron chi connectivity index (χ0n) is 21.5. The number of nitrogens with zero attached hydrogens (tertiary/aromatic N) is 6. The molecule has 1 saturated heterocycles. The highest BCUT2D eigenvalue weighted by molar-refractivity contribution is 5.81. The van der Waals surface area contributed by atoms with E-state index in [2.05, 4.69) is 87.6 Å². The Balaban J connectivity index is 1.36. The van der Waals surface area contributed by atoms with E-state index in [1.165, 1.54) is 23.1 Å². The molecule has 1 N–H and O–H groups in total. The molecule has 0 spiro atoms. The lowest BCUT2D eigenvalue weighted by atomic mass is 9.92. The molecule has 1 unspecified atom stereocenters. The summed E-state index contributed by atoms with van der Waals surface area (Å²) in [6, 6.07) is 17.3. The number of aromatic nitrogens is 7. The van der Waals surface area contributed by atoms with Gasteiger partial charge < -0.3 is 9.30 Å². The number of hydrogen-bond donors (Lipinski definition) is 1. The van der Waals surface area contributed by atoms with Crippen LogP contribution >= 0.6 is 0 Å². The van der Waals surface area contributed by atoms with Crippen LogP contribution in [0.2, 0.25) is 0 Å². The van der Waals surface area contributed by atoms with Crippen molar-refractivity contribution >= 4 is 11.2 Å². The Labute approximate surface area is 216 Å². The first-order valence-electron chi connectivity index (χ1n) is 13.0. The monoisotopic (exact) mass is 493 g/mol. The van der Waals surface area contributed by atoms with Gasteiger partial charge >= 0.3 is 0 Å². The van der Waals surface area contributed by atoms with Crippen molar-refractivity contribution in [3.63, 3.8) is 0 Å². The van der Waals surface area contributed by atoms with Gasteiger partial charge in [-0.25, -0.2) is 9.97 Å². The van der Waals surface area contributed by atoms with Gasteiger partial charge in [0.05, 0.1) is 12.6 Å². The number of benzene rings is 2. The number of rotatable bonds is 6. The SMILES string of the molecule is CCc1nc2c(C)cc(C)nc2n1Cc1ccc(-c2cc(C3CCCCO3)ccc2-c2nn[nH]n2)cc1. The molecule has 8 nitrogen and oxygen atoms in total. The van der Waals surface area contributed by atoms with Gasteiger partial charge in [0, 0.05) is 24.3 Å². The van der Waals surface area contributed by atoms with Gasteiger partial charge in [-0.2, -0.15) is 5.21 Å². The van der Waals surface area contributed by atoms with E-state index in [-0.39, 0.29) is 6.10 Å². The minimum atomic E-state index is 0.132. The maximum absolute atomic E-state index is 6.07. The van der Waals surface area contributed by atoms with Crippen LogP contribution in [0.1, 0.15) is 60.5 Å². The molecule has 0 amide bonds. The van der Waals surface area contributed by atoms with Gasteiger partial charge in [-0.1, -0.05) is 43.3 Å². The number of aromatic amines is 1. The molecule has 3 aromatic heterocycles. The summed E-state index contributed by atoms with van der Waals surface area (Å²) in [7, 11) is 0. The number of pyridine rings is 1. The van der Waals surface area contributed by atoms with E-state index in [4.69, 9.17) is 14.7 Å². The number of ether oxygens (including phenoxy) is 1. The molecule has 1 aliphatic rings. The number of tetrazole rings is 1. The van der Waals surface area contributed by atoms with Gasteiger partial charge in [-0.3, -0.25) is 0 Å². The van der Waals surface area contributed by atoms with Crippen LogP contribution in [0.4, 0.5) is 0 Å². The highest BCUT2D eigenvalue weighted by Gasteiger charge is 2.20. The predicted molar refractivity (Wildman–Crippen MR) is 143 cm³/mol. The third-order valence-corrected chi connectivity index (χ3v) is 7.20. The van der Waals surface area contributed by atoms with Crippen molar-refractivity contribution in [2.75, 3.05) is 6.61 Å². The van der Waals surface area contributed by atoms with Crippen molar-refractivity contribution in [1.29, 1.82) is 0 Å². The fourth-order valence-corrected chi connectivity index (χ4v) is 5.33. The van der Waals surface area contributed by atoms with Crippen LogP contribution in [-0.4, -0.2) is 41.8 Å². The molecule has 1 fully saturated rings. The highest BCUT2D eigenvalue weighted by Crippen LogP contribution is 2.36. The Kier molecular flexibility index (Phi) is 6.26. The first-order chi connectivity index (χ1) is 18.1. The Morgan fingerprint density at radius 1 is 1.00 bits per heavy atom. The van der Waals surface area contributed by atoms with Gasteiger partial charge in [0.1, 0.15) is 11.3 Å². The standard InChI is InChI=1S/C29H31N7O/c1-4-26-31-27-18(2)15-19(3)30-29(27)36(26)17-20-8-10-21(11-9-20)24-16-22(25-7-5-6-14-37-25)12-13-23(24)28-32-34-35-33-28/h8-13,15-16,25H,4-7,14,17H2,1-3H3,(H,32,33,34,35). The Morgan fingerprint density at radius 2 is 1.86 bits per heavy atom. The van der Waals surface area contributed by atoms with Crippen molar-refractivity contribution in [3.05, 3.63) is 76.7 Å². The van der Waals surface area contributed by atoms with Crippen LogP contribution in [0.3, 0.4) is 0 Å². The van der Waals surface area contributed by atoms with Crippen molar-refractivity contribution in [2.24, 2.45) is 0 Å². The van der Waals surface area contributed by atoms with Gasteiger partial charge in [0.15, 0.2) is 5.65 Å². The molecular formula is C29H31N7O. The first kappa shape index (κ1) is 23.5. The lowest BCUT2D eigenvalue weighted by Gasteiger charge is -2.24. The van der Waals surface area contributed by atoms with E-state index in [9.17, 15) is 0 Å². The molecule has 37 heavy (non-hydrogen) atoms. The number of hydrogen-bond acceptors (Lipinski definition) is 6. The molecule has 1 atom stereocenters. The molecule has 8 heteroatoms. The molecule has 0 radical (unpaired) electrons. The molecule has 2 aromatic carbocycles. The fraction of sp³-hybridized carbons (Fsp3) is 0.345. The Bertz CT molecular complexity index is 1530. The minimum Gasteiger partial charge on any atom is -0.374 e. The summed E-state index contributed by atoms with van der Waals surface area (Å²) in [5.74, 6) is 1.64. The van der Waals surface area contributed by atoms with Crippen molar-refractivity contribution in [2.45, 2.75) is 59.1 Å². The molecular weight excluding hydrogens is 462 g/mol. The number of aryl methyl sites for hydroxylation is 3. The van der Waals surface area contributed by atoms with E-state index in [0.717, 1.165) is 71.8 Å². The number of fused-ring (bicyclic) bond motifs is 1. The Morgan fingerprint density at radius 3 is 2.59 bits per heavy atom. The third-order valence-electron chi connectivity index (χ3n) is 7.20. The summed E-state index contributed by atoms with van der Waals surface area (Å²) in [5, 5.41) is 14.9. The van der Waals surface area contributed by atoms with E-state index in [0.29, 0.717) is 5.82 Å². The summed E-state index contributed by atoms with van der Waals surface area (Å²) >= 11 is 0. The molecule has 188 valence electrons. The van der Waals surface area contributed by atoms with Crippen molar-refractivity contribution < 1.29 is 4.74 Å². The zero-order chi connectivity index (χ0) is 25.4. The van der Waals surface area contributed by atoms with Crippen molar-refractivity contribution in [1.82, 2.24) is 35.2 Å². The first-order valence-corrected chi connectivity index (χ1v) is 13.0. The molecule has 0 bridgehead atoms. The van der Waals surface area contributed by atoms with E-state index >= 15 is 0 Å². The maximum atomic E-state index is 6.07. The van der Waals surface area contributed by atoms with Crippen LogP contribution < -0.4 is 0 Å². The summed E-state index contributed by atoms with van der Waals surface area (Å²) in [4.78, 5) is 9.72. The normalized spacial score (nSPS) is 15.9. The number of nitrogens with one attached hydrogen (secondary N) is 1. The summed E-state index contributed by atoms with van der Waals surface area (Å²) in [5.41, 5.74) is 9.66. The van der Waals surface area contributed by atoms with E-state index in [1.807, 2.05) is 6.92 Å². The molecule has 5 aromatic rings. The second kappa shape index (κ2) is 9.86. The highest BCUT2D eigenvalue weighted by atomic mass is 16.5. The minimum absolute atomic E-state index is 0.132. The summed E-state index contributed by atoms with van der Waals surface area (Å²) in [6.07, 6.45) is 4.36. The second-order valence-electron chi connectivity index (χ2n) is 9.81. The second-order valence-corrected chi connectivity index (χ2v) is 9.81. The molecule has 0 saturated carbocycles. The Hall–Kier alpha value is -3.91. The lowest BCUT2D eigenvalue weighted by Crippen LogP contribution is -2.11. The maximum Gasteiger partial charge on any atom is 0.205 e. The molecule has 0 aliphatic carbocycles. The quantitative estimate of drug-likeness (QED) is 0.324. The summed E-state index contributed by atoms with van der Waals surface area (Å²) in [6.45, 7) is 7.83. The predicted octanol–water partition coefficient (Wildman–Crippen LogP) is 5.75. The van der Waals surface area contributed by atoms with Gasteiger partial charge in [0.25, 0.3) is 0 Å². The van der Waals surface area contributed by atoms with Gasteiger partial charge in [-0.15, -0.1) is 10.2 Å².